The normalized spacial score (nSPS) is 11.2. The molecule has 0 fully saturated rings. The van der Waals surface area contributed by atoms with E-state index >= 15 is 0 Å². The molecular weight excluding hydrogens is 355 g/mol. The summed E-state index contributed by atoms with van der Waals surface area (Å²) in [6.07, 6.45) is 2.78. The van der Waals surface area contributed by atoms with E-state index in [1.165, 1.54) is 0 Å². The molecular formula is C16H12F7NO. The number of hydrogen-bond acceptors (Lipinski definition) is 2. The molecule has 0 atom stereocenters. The van der Waals surface area contributed by atoms with E-state index in [9.17, 15) is 35.9 Å². The van der Waals surface area contributed by atoms with E-state index in [1.807, 2.05) is 0 Å². The van der Waals surface area contributed by atoms with Crippen molar-refractivity contribution in [1.29, 1.82) is 0 Å². The van der Waals surface area contributed by atoms with Gasteiger partial charge in [-0.1, -0.05) is 6.08 Å². The van der Waals surface area contributed by atoms with Crippen LogP contribution in [0.2, 0.25) is 0 Å². The lowest BCUT2D eigenvalue weighted by atomic mass is 10.0. The lowest BCUT2D eigenvalue weighted by molar-refractivity contribution is 0.242. The topological polar surface area (TPSA) is 23.5 Å². The van der Waals surface area contributed by atoms with Crippen LogP contribution in [0.25, 0.3) is 10.8 Å². The van der Waals surface area contributed by atoms with Gasteiger partial charge in [0.1, 0.15) is 5.69 Å². The maximum Gasteiger partial charge on any atom is 0.198 e. The van der Waals surface area contributed by atoms with Crippen molar-refractivity contribution in [1.82, 2.24) is 0 Å². The van der Waals surface area contributed by atoms with Gasteiger partial charge >= 0.3 is 0 Å². The Morgan fingerprint density at radius 2 is 1.20 bits per heavy atom. The number of hydroxylamine groups is 1. The predicted octanol–water partition coefficient (Wildman–Crippen LogP) is 5.37. The third-order valence-electron chi connectivity index (χ3n) is 3.60. The number of benzene rings is 2. The van der Waals surface area contributed by atoms with Gasteiger partial charge < -0.3 is 0 Å². The molecule has 0 aliphatic rings. The fourth-order valence-corrected chi connectivity index (χ4v) is 2.36. The number of unbranched alkanes of at least 4 members (excludes halogenated alkanes) is 2. The van der Waals surface area contributed by atoms with E-state index in [0.717, 1.165) is 0 Å². The predicted molar refractivity (Wildman–Crippen MR) is 76.8 cm³/mol. The number of fused-ring (bicyclic) bond motifs is 1. The van der Waals surface area contributed by atoms with Gasteiger partial charge in [0.25, 0.3) is 0 Å². The number of halogens is 7. The van der Waals surface area contributed by atoms with Crippen LogP contribution in [0.3, 0.4) is 0 Å². The van der Waals surface area contributed by atoms with Crippen molar-refractivity contribution in [3.8, 4) is 0 Å². The average Bonchev–Trinajstić information content (AvgIpc) is 2.58. The molecule has 0 spiro atoms. The number of hydrogen-bond donors (Lipinski definition) is 1. The highest BCUT2D eigenvalue weighted by Crippen LogP contribution is 2.37. The molecule has 2 rings (SSSR count). The van der Waals surface area contributed by atoms with Crippen LogP contribution in [0.5, 0.6) is 0 Å². The molecule has 25 heavy (non-hydrogen) atoms. The molecule has 2 nitrogen and oxygen atoms in total. The average molecular weight is 367 g/mol. The standard InChI is InChI=1S/C16H12F7NO/c1-2-3-4-5-6-24(25)16-12(20)8-7(11(19)15(16)23)9(17)13(21)14(22)10(8)18/h2,25H,1,3-6H2. The summed E-state index contributed by atoms with van der Waals surface area (Å²) in [6, 6.07) is 0. The van der Waals surface area contributed by atoms with Gasteiger partial charge in [0.15, 0.2) is 40.7 Å². The number of allylic oxidation sites excluding steroid dienone is 1. The quantitative estimate of drug-likeness (QED) is 0.185. The van der Waals surface area contributed by atoms with Crippen LogP contribution >= 0.6 is 0 Å². The second kappa shape index (κ2) is 7.30. The number of rotatable bonds is 6. The van der Waals surface area contributed by atoms with E-state index in [-0.39, 0.29) is 18.0 Å². The largest absolute Gasteiger partial charge is 0.288 e. The lowest BCUT2D eigenvalue weighted by Gasteiger charge is -2.20. The van der Waals surface area contributed by atoms with Crippen LogP contribution in [0.15, 0.2) is 12.7 Å². The smallest absolute Gasteiger partial charge is 0.198 e. The van der Waals surface area contributed by atoms with Gasteiger partial charge in [-0.15, -0.1) is 6.58 Å². The van der Waals surface area contributed by atoms with Crippen molar-refractivity contribution in [3.05, 3.63) is 53.4 Å². The molecule has 0 unspecified atom stereocenters. The summed E-state index contributed by atoms with van der Waals surface area (Å²) in [6.45, 7) is 3.08. The van der Waals surface area contributed by atoms with Crippen molar-refractivity contribution < 1.29 is 35.9 Å². The van der Waals surface area contributed by atoms with Gasteiger partial charge in [0.05, 0.1) is 10.8 Å². The first-order valence-electron chi connectivity index (χ1n) is 7.13. The van der Waals surface area contributed by atoms with Gasteiger partial charge in [-0.25, -0.2) is 30.7 Å². The second-order valence-corrected chi connectivity index (χ2v) is 5.20. The third-order valence-corrected chi connectivity index (χ3v) is 3.60. The Labute approximate surface area is 137 Å². The summed E-state index contributed by atoms with van der Waals surface area (Å²) < 4.78 is 96.3. The van der Waals surface area contributed by atoms with E-state index in [1.54, 1.807) is 6.08 Å². The molecule has 9 heteroatoms. The van der Waals surface area contributed by atoms with Crippen LogP contribution < -0.4 is 5.06 Å². The second-order valence-electron chi connectivity index (χ2n) is 5.20. The summed E-state index contributed by atoms with van der Waals surface area (Å²) >= 11 is 0. The SMILES string of the molecule is C=CCCCCN(O)c1c(F)c(F)c2c(F)c(F)c(F)c(F)c2c1F. The Hall–Kier alpha value is -2.29. The molecule has 0 heterocycles. The third kappa shape index (κ3) is 3.15. The highest BCUT2D eigenvalue weighted by Gasteiger charge is 2.32. The van der Waals surface area contributed by atoms with Gasteiger partial charge in [-0.05, 0) is 19.3 Å². The van der Waals surface area contributed by atoms with Gasteiger partial charge in [0.2, 0.25) is 0 Å². The fourth-order valence-electron chi connectivity index (χ4n) is 2.36. The minimum atomic E-state index is -2.40. The first-order valence-corrected chi connectivity index (χ1v) is 7.13. The molecule has 2 aromatic rings. The highest BCUT2D eigenvalue weighted by molar-refractivity contribution is 5.89. The van der Waals surface area contributed by atoms with Gasteiger partial charge in [0, 0.05) is 6.54 Å². The fraction of sp³-hybridized carbons (Fsp3) is 0.250. The molecule has 0 aromatic heterocycles. The minimum Gasteiger partial charge on any atom is -0.288 e. The molecule has 0 saturated heterocycles. The maximum atomic E-state index is 14.4. The first-order chi connectivity index (χ1) is 11.7. The Morgan fingerprint density at radius 3 is 1.72 bits per heavy atom. The molecule has 0 aliphatic heterocycles. The Morgan fingerprint density at radius 1 is 0.720 bits per heavy atom. The lowest BCUT2D eigenvalue weighted by Crippen LogP contribution is -2.23. The summed E-state index contributed by atoms with van der Waals surface area (Å²) in [7, 11) is 0. The van der Waals surface area contributed by atoms with Crippen molar-refractivity contribution in [2.24, 2.45) is 0 Å². The van der Waals surface area contributed by atoms with E-state index in [0.29, 0.717) is 12.8 Å². The van der Waals surface area contributed by atoms with E-state index in [4.69, 9.17) is 0 Å². The molecule has 0 saturated carbocycles. The molecule has 0 bridgehead atoms. The zero-order valence-electron chi connectivity index (χ0n) is 12.7. The summed E-state index contributed by atoms with van der Waals surface area (Å²) in [5.41, 5.74) is -1.42. The molecule has 1 N–H and O–H groups in total. The molecule has 0 radical (unpaired) electrons. The molecule has 0 amide bonds. The summed E-state index contributed by atoms with van der Waals surface area (Å²) in [4.78, 5) is 0. The van der Waals surface area contributed by atoms with Crippen molar-refractivity contribution in [2.75, 3.05) is 11.6 Å². The number of nitrogens with zero attached hydrogens (tertiary/aromatic N) is 1. The van der Waals surface area contributed by atoms with Crippen molar-refractivity contribution >= 4 is 16.5 Å². The van der Waals surface area contributed by atoms with E-state index in [2.05, 4.69) is 6.58 Å². The van der Waals surface area contributed by atoms with Crippen molar-refractivity contribution in [3.63, 3.8) is 0 Å². The van der Waals surface area contributed by atoms with Crippen LogP contribution in [0, 0.1) is 40.7 Å². The molecule has 2 aromatic carbocycles. The van der Waals surface area contributed by atoms with Gasteiger partial charge in [-0.3, -0.25) is 10.3 Å². The molecule has 136 valence electrons. The van der Waals surface area contributed by atoms with Crippen LogP contribution in [0.1, 0.15) is 19.3 Å². The zero-order valence-corrected chi connectivity index (χ0v) is 12.7. The number of anilines is 1. The highest BCUT2D eigenvalue weighted by atomic mass is 19.2. The maximum absolute atomic E-state index is 14.4. The van der Waals surface area contributed by atoms with E-state index < -0.39 is 57.2 Å². The monoisotopic (exact) mass is 367 g/mol. The van der Waals surface area contributed by atoms with Crippen LogP contribution in [0.4, 0.5) is 36.4 Å². The molecule has 0 aliphatic carbocycles. The van der Waals surface area contributed by atoms with Crippen molar-refractivity contribution in [2.45, 2.75) is 19.3 Å². The zero-order chi connectivity index (χ0) is 18.9. The Balaban J connectivity index is 2.66. The Bertz CT molecular complexity index is 838. The van der Waals surface area contributed by atoms with Crippen LogP contribution in [-0.4, -0.2) is 11.8 Å². The summed E-state index contributed by atoms with van der Waals surface area (Å²) in [5.74, 6) is -15.4. The van der Waals surface area contributed by atoms with Crippen LogP contribution in [-0.2, 0) is 0 Å². The first kappa shape index (κ1) is 19.0. The minimum absolute atomic E-state index is 0.0329. The Kier molecular flexibility index (Phi) is 5.56. The summed E-state index contributed by atoms with van der Waals surface area (Å²) in [5, 5.41) is 6.35. The van der Waals surface area contributed by atoms with Gasteiger partial charge in [-0.2, -0.15) is 0 Å².